The third-order valence-corrected chi connectivity index (χ3v) is 5.42. The molecule has 1 aliphatic heterocycles. The maximum Gasteiger partial charge on any atom is 0.343 e. The van der Waals surface area contributed by atoms with Crippen LogP contribution >= 0.6 is 0 Å². The minimum Gasteiger partial charge on any atom is -0.480 e. The Balaban J connectivity index is 1.90. The van der Waals surface area contributed by atoms with Crippen LogP contribution in [0.25, 0.3) is 0 Å². The molecule has 1 amide bonds. The average molecular weight is 363 g/mol. The van der Waals surface area contributed by atoms with Crippen molar-refractivity contribution in [2.45, 2.75) is 77.9 Å². The number of carboxylic acids is 1. The summed E-state index contributed by atoms with van der Waals surface area (Å²) in [5.41, 5.74) is 2.27. The Labute approximate surface area is 154 Å². The fraction of sp³-hybridized carbons (Fsp3) is 0.737. The third kappa shape index (κ3) is 3.77. The fourth-order valence-corrected chi connectivity index (χ4v) is 3.97. The zero-order chi connectivity index (χ0) is 18.9. The van der Waals surface area contributed by atoms with Crippen LogP contribution < -0.4 is 5.32 Å². The number of aromatic nitrogens is 2. The van der Waals surface area contributed by atoms with Gasteiger partial charge in [-0.1, -0.05) is 40.0 Å². The second kappa shape index (κ2) is 7.39. The summed E-state index contributed by atoms with van der Waals surface area (Å²) in [6, 6.07) is -1.44. The summed E-state index contributed by atoms with van der Waals surface area (Å²) in [7, 11) is 0. The number of nitrogens with zero attached hydrogens (tertiary/aromatic N) is 2. The molecule has 1 aromatic rings. The first-order valence-electron chi connectivity index (χ1n) is 9.51. The number of amides is 1. The Morgan fingerprint density at radius 2 is 1.96 bits per heavy atom. The number of aliphatic carboxylic acids is 1. The van der Waals surface area contributed by atoms with E-state index in [2.05, 4.69) is 10.4 Å². The molecule has 7 heteroatoms. The number of carboxylic acid groups (broad SMARTS) is 1. The molecule has 0 bridgehead atoms. The predicted molar refractivity (Wildman–Crippen MR) is 96.2 cm³/mol. The van der Waals surface area contributed by atoms with Gasteiger partial charge in [-0.15, -0.1) is 0 Å². The van der Waals surface area contributed by atoms with Gasteiger partial charge in [0.1, 0.15) is 6.04 Å². The maximum absolute atomic E-state index is 12.9. The maximum atomic E-state index is 12.9. The van der Waals surface area contributed by atoms with E-state index in [9.17, 15) is 14.7 Å². The summed E-state index contributed by atoms with van der Waals surface area (Å²) in [6.07, 6.45) is 6.42. The van der Waals surface area contributed by atoms with Crippen LogP contribution in [0.15, 0.2) is 0 Å². The van der Waals surface area contributed by atoms with E-state index in [-0.39, 0.29) is 0 Å². The second-order valence-corrected chi connectivity index (χ2v) is 8.45. The molecule has 2 heterocycles. The van der Waals surface area contributed by atoms with Gasteiger partial charge in [0.2, 0.25) is 0 Å². The van der Waals surface area contributed by atoms with Crippen molar-refractivity contribution in [3.05, 3.63) is 17.0 Å². The number of nitrogens with one attached hydrogen (secondary N) is 1. The van der Waals surface area contributed by atoms with Gasteiger partial charge >= 0.3 is 12.0 Å². The van der Waals surface area contributed by atoms with Crippen molar-refractivity contribution in [2.24, 2.45) is 5.41 Å². The topological polar surface area (TPSA) is 93.5 Å². The van der Waals surface area contributed by atoms with Crippen molar-refractivity contribution in [1.82, 2.24) is 15.1 Å². The van der Waals surface area contributed by atoms with Crippen molar-refractivity contribution < 1.29 is 19.4 Å². The number of hydrogen-bond donors (Lipinski definition) is 2. The molecule has 0 radical (unpaired) electrons. The van der Waals surface area contributed by atoms with Crippen molar-refractivity contribution in [1.29, 1.82) is 0 Å². The molecular formula is C19H29N3O4. The van der Waals surface area contributed by atoms with E-state index in [1.54, 1.807) is 20.8 Å². The SMILES string of the molecule is CC(C)(C)C(NC(=O)n1nc(C2CCCCC2)c2c1CCOC2)C(=O)O. The molecule has 144 valence electrons. The minimum absolute atomic E-state index is 0.367. The first-order valence-corrected chi connectivity index (χ1v) is 9.51. The highest BCUT2D eigenvalue weighted by Gasteiger charge is 2.35. The molecule has 1 aromatic heterocycles. The number of rotatable bonds is 3. The van der Waals surface area contributed by atoms with Gasteiger partial charge in [0.25, 0.3) is 0 Å². The highest BCUT2D eigenvalue weighted by molar-refractivity contribution is 5.84. The quantitative estimate of drug-likeness (QED) is 0.861. The largest absolute Gasteiger partial charge is 0.480 e. The summed E-state index contributed by atoms with van der Waals surface area (Å²) in [6.45, 7) is 6.43. The molecule has 1 aliphatic carbocycles. The number of carbonyl (C=O) groups is 2. The van der Waals surface area contributed by atoms with E-state index in [0.717, 1.165) is 29.8 Å². The van der Waals surface area contributed by atoms with Gasteiger partial charge in [0.15, 0.2) is 0 Å². The molecular weight excluding hydrogens is 334 g/mol. The van der Waals surface area contributed by atoms with Crippen molar-refractivity contribution >= 4 is 12.0 Å². The van der Waals surface area contributed by atoms with Crippen LogP contribution in [0.4, 0.5) is 4.79 Å². The molecule has 26 heavy (non-hydrogen) atoms. The lowest BCUT2D eigenvalue weighted by Gasteiger charge is -2.27. The van der Waals surface area contributed by atoms with E-state index in [1.807, 2.05) is 0 Å². The van der Waals surface area contributed by atoms with Gasteiger partial charge in [-0.2, -0.15) is 9.78 Å². The first-order chi connectivity index (χ1) is 12.3. The summed E-state index contributed by atoms with van der Waals surface area (Å²) < 4.78 is 7.01. The van der Waals surface area contributed by atoms with Gasteiger partial charge in [0, 0.05) is 17.9 Å². The number of hydrogen-bond acceptors (Lipinski definition) is 4. The van der Waals surface area contributed by atoms with Crippen molar-refractivity contribution in [3.63, 3.8) is 0 Å². The lowest BCUT2D eigenvalue weighted by Crippen LogP contribution is -2.50. The van der Waals surface area contributed by atoms with Crippen LogP contribution in [-0.2, 0) is 22.6 Å². The molecule has 1 atom stereocenters. The normalized spacial score (nSPS) is 19.7. The molecule has 1 saturated carbocycles. The summed E-state index contributed by atoms with van der Waals surface area (Å²) in [4.78, 5) is 24.4. The summed E-state index contributed by atoms with van der Waals surface area (Å²) in [5.74, 6) is -0.672. The van der Waals surface area contributed by atoms with E-state index in [1.165, 1.54) is 23.9 Å². The standard InChI is InChI=1S/C19H29N3O4/c1-19(2,3)16(17(23)24)20-18(25)22-14-9-10-26-11-13(14)15(21-22)12-7-5-4-6-8-12/h12,16H,4-11H2,1-3H3,(H,20,25)(H,23,24). The van der Waals surface area contributed by atoms with Gasteiger partial charge in [0.05, 0.1) is 24.6 Å². The summed E-state index contributed by atoms with van der Waals surface area (Å²) in [5, 5.41) is 16.8. The van der Waals surface area contributed by atoms with Gasteiger partial charge < -0.3 is 15.2 Å². The lowest BCUT2D eigenvalue weighted by atomic mass is 9.85. The Morgan fingerprint density at radius 3 is 2.58 bits per heavy atom. The van der Waals surface area contributed by atoms with Crippen LogP contribution in [0.2, 0.25) is 0 Å². The van der Waals surface area contributed by atoms with Crippen LogP contribution in [0.1, 0.15) is 75.7 Å². The second-order valence-electron chi connectivity index (χ2n) is 8.45. The molecule has 1 fully saturated rings. The molecule has 2 aliphatic rings. The van der Waals surface area contributed by atoms with E-state index >= 15 is 0 Å². The Morgan fingerprint density at radius 1 is 1.27 bits per heavy atom. The van der Waals surface area contributed by atoms with E-state index in [0.29, 0.717) is 25.6 Å². The van der Waals surface area contributed by atoms with E-state index in [4.69, 9.17) is 4.74 Å². The third-order valence-electron chi connectivity index (χ3n) is 5.42. The molecule has 0 aromatic carbocycles. The Hall–Kier alpha value is -1.89. The number of carbonyl (C=O) groups excluding carboxylic acids is 1. The fourth-order valence-electron chi connectivity index (χ4n) is 3.97. The molecule has 7 nitrogen and oxygen atoms in total. The molecule has 3 rings (SSSR count). The first kappa shape index (κ1) is 18.9. The summed E-state index contributed by atoms with van der Waals surface area (Å²) >= 11 is 0. The zero-order valence-electron chi connectivity index (χ0n) is 15.9. The van der Waals surface area contributed by atoms with Crippen LogP contribution in [0, 0.1) is 5.41 Å². The predicted octanol–water partition coefficient (Wildman–Crippen LogP) is 3.06. The Bertz CT molecular complexity index is 684. The van der Waals surface area contributed by atoms with Gasteiger partial charge in [-0.25, -0.2) is 9.59 Å². The molecule has 0 spiro atoms. The van der Waals surface area contributed by atoms with Gasteiger partial charge in [-0.3, -0.25) is 0 Å². The van der Waals surface area contributed by atoms with Crippen LogP contribution in [-0.4, -0.2) is 39.5 Å². The molecule has 1 unspecified atom stereocenters. The highest BCUT2D eigenvalue weighted by atomic mass is 16.5. The van der Waals surface area contributed by atoms with Crippen molar-refractivity contribution in [2.75, 3.05) is 6.61 Å². The van der Waals surface area contributed by atoms with Crippen molar-refractivity contribution in [3.8, 4) is 0 Å². The highest BCUT2D eigenvalue weighted by Crippen LogP contribution is 2.36. The smallest absolute Gasteiger partial charge is 0.343 e. The molecule has 0 saturated heterocycles. The molecule has 2 N–H and O–H groups in total. The van der Waals surface area contributed by atoms with Crippen LogP contribution in [0.3, 0.4) is 0 Å². The monoisotopic (exact) mass is 363 g/mol. The van der Waals surface area contributed by atoms with E-state index < -0.39 is 23.5 Å². The minimum atomic E-state index is -1.04. The van der Waals surface area contributed by atoms with Crippen LogP contribution in [0.5, 0.6) is 0 Å². The number of ether oxygens (including phenoxy) is 1. The average Bonchev–Trinajstić information content (AvgIpc) is 2.99. The zero-order valence-corrected chi connectivity index (χ0v) is 15.9. The lowest BCUT2D eigenvalue weighted by molar-refractivity contribution is -0.141. The Kier molecular flexibility index (Phi) is 5.37. The van der Waals surface area contributed by atoms with Gasteiger partial charge in [-0.05, 0) is 18.3 Å². The number of fused-ring (bicyclic) bond motifs is 1.